The molecular weight excluding hydrogens is 346 g/mol. The second-order valence-electron chi connectivity index (χ2n) is 7.25. The summed E-state index contributed by atoms with van der Waals surface area (Å²) in [6.07, 6.45) is 9.76. The predicted octanol–water partition coefficient (Wildman–Crippen LogP) is 1.88. The lowest BCUT2D eigenvalue weighted by molar-refractivity contribution is 0.0966. The topological polar surface area (TPSA) is 104 Å². The highest BCUT2D eigenvalue weighted by Crippen LogP contribution is 2.39. The summed E-state index contributed by atoms with van der Waals surface area (Å²) < 4.78 is 0. The number of hydrogen-bond donors (Lipinski definition) is 1. The van der Waals surface area contributed by atoms with Gasteiger partial charge in [-0.05, 0) is 25.2 Å². The van der Waals surface area contributed by atoms with E-state index >= 15 is 0 Å². The van der Waals surface area contributed by atoms with Crippen LogP contribution in [-0.4, -0.2) is 50.9 Å². The van der Waals surface area contributed by atoms with E-state index in [4.69, 9.17) is 0 Å². The van der Waals surface area contributed by atoms with Crippen LogP contribution in [-0.2, 0) is 0 Å². The number of carbonyl (C=O) groups is 2. The van der Waals surface area contributed by atoms with Crippen molar-refractivity contribution in [2.45, 2.75) is 31.7 Å². The fourth-order valence-corrected chi connectivity index (χ4v) is 3.72. The van der Waals surface area contributed by atoms with Crippen molar-refractivity contribution < 1.29 is 9.59 Å². The second kappa shape index (κ2) is 6.26. The molecule has 27 heavy (non-hydrogen) atoms. The number of amides is 2. The summed E-state index contributed by atoms with van der Waals surface area (Å²) >= 11 is 0. The van der Waals surface area contributed by atoms with Crippen molar-refractivity contribution >= 4 is 29.1 Å². The zero-order chi connectivity index (χ0) is 18.4. The average Bonchev–Trinajstić information content (AvgIpc) is 3.40. The van der Waals surface area contributed by atoms with E-state index in [0.717, 1.165) is 38.0 Å². The van der Waals surface area contributed by atoms with Crippen LogP contribution in [0.2, 0.25) is 0 Å². The number of nitrogens with zero attached hydrogens (tertiary/aromatic N) is 6. The van der Waals surface area contributed by atoms with Gasteiger partial charge in [-0.25, -0.2) is 19.7 Å². The molecule has 9 heteroatoms. The van der Waals surface area contributed by atoms with Gasteiger partial charge in [-0.3, -0.25) is 20.0 Å². The first-order valence-electron chi connectivity index (χ1n) is 9.20. The molecule has 2 amide bonds. The molecule has 4 heterocycles. The standard InChI is InChI=1S/C18H19N7O2/c26-14(7-11-1-2-11)16-21-8-13-17(23-16)25(12-3-6-24(13)10-12)18(27)22-15-9-19-4-5-20-15/h4-5,8-9,11-12H,1-3,6-7,10H2,(H,20,22,27)/t12-/m0/s1. The maximum absolute atomic E-state index is 13.0. The minimum atomic E-state index is -0.317. The van der Waals surface area contributed by atoms with Crippen molar-refractivity contribution in [3.8, 4) is 0 Å². The zero-order valence-corrected chi connectivity index (χ0v) is 14.7. The highest BCUT2D eigenvalue weighted by molar-refractivity contribution is 6.04. The van der Waals surface area contributed by atoms with Gasteiger partial charge in [-0.1, -0.05) is 0 Å². The van der Waals surface area contributed by atoms with Gasteiger partial charge in [0.25, 0.3) is 0 Å². The molecule has 2 aromatic heterocycles. The second-order valence-corrected chi connectivity index (χ2v) is 7.25. The lowest BCUT2D eigenvalue weighted by atomic mass is 10.1. The van der Waals surface area contributed by atoms with Gasteiger partial charge in [0.1, 0.15) is 0 Å². The van der Waals surface area contributed by atoms with Crippen molar-refractivity contribution in [2.24, 2.45) is 5.92 Å². The number of ketones is 1. The molecule has 2 aromatic rings. The van der Waals surface area contributed by atoms with Crippen LogP contribution in [0.1, 0.15) is 36.3 Å². The largest absolute Gasteiger partial charge is 0.365 e. The Morgan fingerprint density at radius 3 is 2.81 bits per heavy atom. The Kier molecular flexibility index (Phi) is 3.73. The first-order chi connectivity index (χ1) is 13.2. The third kappa shape index (κ3) is 2.98. The summed E-state index contributed by atoms with van der Waals surface area (Å²) in [5.74, 6) is 1.49. The Hall–Kier alpha value is -3.10. The molecule has 1 aliphatic carbocycles. The third-order valence-corrected chi connectivity index (χ3v) is 5.28. The quantitative estimate of drug-likeness (QED) is 0.825. The number of hydrogen-bond acceptors (Lipinski definition) is 7. The van der Waals surface area contributed by atoms with Crippen LogP contribution in [0, 0.1) is 5.92 Å². The van der Waals surface area contributed by atoms with E-state index in [-0.39, 0.29) is 23.7 Å². The van der Waals surface area contributed by atoms with Gasteiger partial charge in [-0.15, -0.1) is 0 Å². The van der Waals surface area contributed by atoms with E-state index in [1.807, 2.05) is 0 Å². The molecule has 1 N–H and O–H groups in total. The van der Waals surface area contributed by atoms with Crippen LogP contribution < -0.4 is 15.1 Å². The van der Waals surface area contributed by atoms with Gasteiger partial charge in [-0.2, -0.15) is 0 Å². The Morgan fingerprint density at radius 1 is 1.15 bits per heavy atom. The van der Waals surface area contributed by atoms with Crippen molar-refractivity contribution in [1.82, 2.24) is 19.9 Å². The number of rotatable bonds is 4. The maximum Gasteiger partial charge on any atom is 0.329 e. The summed E-state index contributed by atoms with van der Waals surface area (Å²) in [6, 6.07) is -0.307. The molecule has 1 saturated carbocycles. The van der Waals surface area contributed by atoms with Crippen molar-refractivity contribution in [2.75, 3.05) is 28.2 Å². The van der Waals surface area contributed by atoms with Gasteiger partial charge in [0.15, 0.2) is 23.2 Å². The molecule has 2 bridgehead atoms. The SMILES string of the molecule is O=C(CC1CC1)c1ncc2c(n1)N(C(=O)Nc1cnccn1)[C@H]1CCN2C1. The molecule has 0 aromatic carbocycles. The molecule has 138 valence electrons. The van der Waals surface area contributed by atoms with Crippen molar-refractivity contribution in [3.63, 3.8) is 0 Å². The summed E-state index contributed by atoms with van der Waals surface area (Å²) in [6.45, 7) is 1.57. The van der Waals surface area contributed by atoms with Gasteiger partial charge >= 0.3 is 6.03 Å². The molecule has 0 radical (unpaired) electrons. The van der Waals surface area contributed by atoms with Gasteiger partial charge in [0.2, 0.25) is 0 Å². The Bertz CT molecular complexity index is 900. The number of aromatic nitrogens is 4. The van der Waals surface area contributed by atoms with Crippen LogP contribution in [0.3, 0.4) is 0 Å². The van der Waals surface area contributed by atoms with Gasteiger partial charge in [0.05, 0.1) is 24.1 Å². The summed E-state index contributed by atoms with van der Waals surface area (Å²) in [7, 11) is 0. The van der Waals surface area contributed by atoms with E-state index in [2.05, 4.69) is 30.2 Å². The molecule has 1 atom stereocenters. The molecule has 0 spiro atoms. The van der Waals surface area contributed by atoms with E-state index in [0.29, 0.717) is 24.0 Å². The van der Waals surface area contributed by atoms with Crippen LogP contribution in [0.15, 0.2) is 24.8 Å². The molecule has 3 aliphatic rings. The van der Waals surface area contributed by atoms with Gasteiger partial charge < -0.3 is 4.90 Å². The summed E-state index contributed by atoms with van der Waals surface area (Å²) in [4.78, 5) is 46.1. The van der Waals surface area contributed by atoms with E-state index in [1.54, 1.807) is 17.3 Å². The minimum absolute atomic E-state index is 0.00968. The molecule has 2 fully saturated rings. The highest BCUT2D eigenvalue weighted by Gasteiger charge is 2.41. The molecular formula is C18H19N7O2. The maximum atomic E-state index is 13.0. The average molecular weight is 365 g/mol. The zero-order valence-electron chi connectivity index (χ0n) is 14.7. The minimum Gasteiger partial charge on any atom is -0.365 e. The molecule has 5 rings (SSSR count). The Morgan fingerprint density at radius 2 is 2.04 bits per heavy atom. The lowest BCUT2D eigenvalue weighted by Crippen LogP contribution is -2.48. The first-order valence-corrected chi connectivity index (χ1v) is 9.20. The smallest absolute Gasteiger partial charge is 0.329 e. The molecule has 9 nitrogen and oxygen atoms in total. The summed E-state index contributed by atoms with van der Waals surface area (Å²) in [5, 5.41) is 2.78. The van der Waals surface area contributed by atoms with E-state index < -0.39 is 0 Å². The first kappa shape index (κ1) is 16.1. The number of nitrogens with one attached hydrogen (secondary N) is 1. The van der Waals surface area contributed by atoms with Crippen LogP contribution in [0.4, 0.5) is 22.1 Å². The number of urea groups is 1. The highest BCUT2D eigenvalue weighted by atomic mass is 16.2. The van der Waals surface area contributed by atoms with Crippen molar-refractivity contribution in [1.29, 1.82) is 0 Å². The predicted molar refractivity (Wildman–Crippen MR) is 97.9 cm³/mol. The lowest BCUT2D eigenvalue weighted by Gasteiger charge is -2.35. The van der Waals surface area contributed by atoms with Crippen LogP contribution in [0.5, 0.6) is 0 Å². The normalized spacial score (nSPS) is 20.4. The fourth-order valence-electron chi connectivity index (χ4n) is 3.72. The monoisotopic (exact) mass is 365 g/mol. The summed E-state index contributed by atoms with van der Waals surface area (Å²) in [5.41, 5.74) is 0.793. The molecule has 1 saturated heterocycles. The Balaban J connectivity index is 1.47. The van der Waals surface area contributed by atoms with Crippen LogP contribution >= 0.6 is 0 Å². The van der Waals surface area contributed by atoms with E-state index in [9.17, 15) is 9.59 Å². The number of fused-ring (bicyclic) bond motifs is 4. The fraction of sp³-hybridized carbons (Fsp3) is 0.444. The molecule has 0 unspecified atom stereocenters. The van der Waals surface area contributed by atoms with Gasteiger partial charge in [0, 0.05) is 31.9 Å². The van der Waals surface area contributed by atoms with Crippen molar-refractivity contribution in [3.05, 3.63) is 30.6 Å². The number of carbonyl (C=O) groups excluding carboxylic acids is 2. The third-order valence-electron chi connectivity index (χ3n) is 5.28. The molecule has 2 aliphatic heterocycles. The van der Waals surface area contributed by atoms with Crippen LogP contribution in [0.25, 0.3) is 0 Å². The number of anilines is 3. The number of Topliss-reactive ketones (excluding diaryl/α,β-unsaturated/α-hetero) is 1. The van der Waals surface area contributed by atoms with E-state index in [1.165, 1.54) is 12.4 Å². The Labute approximate surface area is 155 Å².